The number of hydrogen-bond donors (Lipinski definition) is 2. The number of anilines is 1. The van der Waals surface area contributed by atoms with Crippen LogP contribution >= 0.6 is 0 Å². The standard InChI is InChI=1S/C17H20N2O/c1-12-6-7-15(11-18-12)17(20)19-16-9-8-13-4-2-3-5-14(13)10-16/h2-5,8-10,12,15,18H,6-7,11H2,1H3,(H,19,20). The van der Waals surface area contributed by atoms with E-state index in [9.17, 15) is 4.79 Å². The van der Waals surface area contributed by atoms with E-state index < -0.39 is 0 Å². The van der Waals surface area contributed by atoms with Crippen molar-refractivity contribution < 1.29 is 4.79 Å². The third-order valence-corrected chi connectivity index (χ3v) is 4.05. The normalized spacial score (nSPS) is 22.6. The van der Waals surface area contributed by atoms with Crippen LogP contribution in [0.4, 0.5) is 5.69 Å². The predicted molar refractivity (Wildman–Crippen MR) is 82.8 cm³/mol. The maximum absolute atomic E-state index is 12.3. The van der Waals surface area contributed by atoms with Gasteiger partial charge in [0.05, 0.1) is 5.92 Å². The van der Waals surface area contributed by atoms with Crippen molar-refractivity contribution in [1.29, 1.82) is 0 Å². The fraction of sp³-hybridized carbons (Fsp3) is 0.353. The van der Waals surface area contributed by atoms with Crippen molar-refractivity contribution in [2.45, 2.75) is 25.8 Å². The minimum Gasteiger partial charge on any atom is -0.326 e. The third-order valence-electron chi connectivity index (χ3n) is 4.05. The smallest absolute Gasteiger partial charge is 0.228 e. The zero-order valence-electron chi connectivity index (χ0n) is 11.7. The molecule has 1 aliphatic heterocycles. The van der Waals surface area contributed by atoms with Gasteiger partial charge >= 0.3 is 0 Å². The molecule has 2 N–H and O–H groups in total. The van der Waals surface area contributed by atoms with Crippen molar-refractivity contribution in [3.05, 3.63) is 42.5 Å². The number of fused-ring (bicyclic) bond motifs is 1. The molecule has 3 rings (SSSR count). The van der Waals surface area contributed by atoms with E-state index in [0.29, 0.717) is 6.04 Å². The van der Waals surface area contributed by atoms with Gasteiger partial charge in [-0.25, -0.2) is 0 Å². The fourth-order valence-electron chi connectivity index (χ4n) is 2.73. The topological polar surface area (TPSA) is 41.1 Å². The maximum atomic E-state index is 12.3. The number of nitrogens with one attached hydrogen (secondary N) is 2. The number of carbonyl (C=O) groups is 1. The zero-order chi connectivity index (χ0) is 13.9. The summed E-state index contributed by atoms with van der Waals surface area (Å²) in [5, 5.41) is 8.75. The predicted octanol–water partition coefficient (Wildman–Crippen LogP) is 3.17. The molecule has 2 atom stereocenters. The number of benzene rings is 2. The molecular weight excluding hydrogens is 248 g/mol. The van der Waals surface area contributed by atoms with Gasteiger partial charge in [-0.1, -0.05) is 30.3 Å². The van der Waals surface area contributed by atoms with E-state index in [2.05, 4.69) is 29.7 Å². The summed E-state index contributed by atoms with van der Waals surface area (Å²) in [6.07, 6.45) is 2.03. The summed E-state index contributed by atoms with van der Waals surface area (Å²) in [5.41, 5.74) is 0.882. The van der Waals surface area contributed by atoms with E-state index in [-0.39, 0.29) is 11.8 Å². The van der Waals surface area contributed by atoms with Crippen molar-refractivity contribution in [2.24, 2.45) is 5.92 Å². The molecule has 0 bridgehead atoms. The van der Waals surface area contributed by atoms with Gasteiger partial charge in [0, 0.05) is 18.3 Å². The molecule has 0 spiro atoms. The maximum Gasteiger partial charge on any atom is 0.228 e. The summed E-state index contributed by atoms with van der Waals surface area (Å²) >= 11 is 0. The summed E-state index contributed by atoms with van der Waals surface area (Å²) in [5.74, 6) is 0.206. The Balaban J connectivity index is 1.71. The summed E-state index contributed by atoms with van der Waals surface area (Å²) in [6, 6.07) is 14.8. The molecule has 2 aromatic rings. The highest BCUT2D eigenvalue weighted by molar-refractivity contribution is 5.95. The molecule has 20 heavy (non-hydrogen) atoms. The molecule has 1 fully saturated rings. The van der Waals surface area contributed by atoms with Crippen LogP contribution in [0.3, 0.4) is 0 Å². The second kappa shape index (κ2) is 5.63. The van der Waals surface area contributed by atoms with E-state index in [1.165, 1.54) is 5.39 Å². The van der Waals surface area contributed by atoms with E-state index in [0.717, 1.165) is 30.5 Å². The SMILES string of the molecule is CC1CCC(C(=O)Nc2ccc3ccccc3c2)CN1. The lowest BCUT2D eigenvalue weighted by Crippen LogP contribution is -2.41. The Morgan fingerprint density at radius 1 is 1.15 bits per heavy atom. The monoisotopic (exact) mass is 268 g/mol. The molecule has 0 saturated carbocycles. The summed E-state index contributed by atoms with van der Waals surface area (Å²) in [6.45, 7) is 2.94. The van der Waals surface area contributed by atoms with E-state index in [1.54, 1.807) is 0 Å². The summed E-state index contributed by atoms with van der Waals surface area (Å²) in [4.78, 5) is 12.3. The lowest BCUT2D eigenvalue weighted by molar-refractivity contribution is -0.120. The molecule has 2 aromatic carbocycles. The van der Waals surface area contributed by atoms with Crippen molar-refractivity contribution in [3.63, 3.8) is 0 Å². The van der Waals surface area contributed by atoms with Crippen molar-refractivity contribution in [1.82, 2.24) is 5.32 Å². The van der Waals surface area contributed by atoms with Gasteiger partial charge in [-0.3, -0.25) is 4.79 Å². The Morgan fingerprint density at radius 3 is 2.70 bits per heavy atom. The van der Waals surface area contributed by atoms with Crippen LogP contribution < -0.4 is 10.6 Å². The molecule has 1 amide bonds. The first-order valence-electron chi connectivity index (χ1n) is 7.25. The minimum absolute atomic E-state index is 0.0812. The van der Waals surface area contributed by atoms with Crippen LogP contribution in [0.2, 0.25) is 0 Å². The highest BCUT2D eigenvalue weighted by Gasteiger charge is 2.23. The first-order chi connectivity index (χ1) is 9.72. The molecule has 3 nitrogen and oxygen atoms in total. The van der Waals surface area contributed by atoms with E-state index in [4.69, 9.17) is 0 Å². The zero-order valence-corrected chi connectivity index (χ0v) is 11.7. The largest absolute Gasteiger partial charge is 0.326 e. The average molecular weight is 268 g/mol. The quantitative estimate of drug-likeness (QED) is 0.878. The minimum atomic E-state index is 0.0812. The molecule has 1 aliphatic rings. The molecule has 2 unspecified atom stereocenters. The first kappa shape index (κ1) is 13.1. The Labute approximate surface area is 119 Å². The van der Waals surface area contributed by atoms with Gasteiger partial charge in [-0.2, -0.15) is 0 Å². The summed E-state index contributed by atoms with van der Waals surface area (Å²) in [7, 11) is 0. The van der Waals surface area contributed by atoms with Crippen LogP contribution in [-0.2, 0) is 4.79 Å². The average Bonchev–Trinajstić information content (AvgIpc) is 2.48. The number of rotatable bonds is 2. The lowest BCUT2D eigenvalue weighted by Gasteiger charge is -2.26. The number of carbonyl (C=O) groups excluding carboxylic acids is 1. The molecule has 0 radical (unpaired) electrons. The van der Waals surface area contributed by atoms with Crippen LogP contribution in [0.1, 0.15) is 19.8 Å². The molecule has 3 heteroatoms. The van der Waals surface area contributed by atoms with Crippen molar-refractivity contribution in [2.75, 3.05) is 11.9 Å². The van der Waals surface area contributed by atoms with Gasteiger partial charge in [0.2, 0.25) is 5.91 Å². The van der Waals surface area contributed by atoms with Gasteiger partial charge in [0.15, 0.2) is 0 Å². The molecule has 0 aliphatic carbocycles. The molecule has 1 heterocycles. The van der Waals surface area contributed by atoms with E-state index in [1.807, 2.05) is 30.3 Å². The molecule has 0 aromatic heterocycles. The highest BCUT2D eigenvalue weighted by atomic mass is 16.1. The van der Waals surface area contributed by atoms with Gasteiger partial charge in [0.1, 0.15) is 0 Å². The summed E-state index contributed by atoms with van der Waals surface area (Å²) < 4.78 is 0. The Morgan fingerprint density at radius 2 is 1.95 bits per heavy atom. The second-order valence-electron chi connectivity index (χ2n) is 5.63. The van der Waals surface area contributed by atoms with Gasteiger partial charge in [-0.15, -0.1) is 0 Å². The van der Waals surface area contributed by atoms with Crippen LogP contribution in [0.5, 0.6) is 0 Å². The van der Waals surface area contributed by atoms with Gasteiger partial charge in [0.25, 0.3) is 0 Å². The van der Waals surface area contributed by atoms with Crippen LogP contribution in [0, 0.1) is 5.92 Å². The fourth-order valence-corrected chi connectivity index (χ4v) is 2.73. The molecule has 1 saturated heterocycles. The Hall–Kier alpha value is -1.87. The molecule has 104 valence electrons. The van der Waals surface area contributed by atoms with Crippen LogP contribution in [-0.4, -0.2) is 18.5 Å². The Kier molecular flexibility index (Phi) is 3.70. The number of hydrogen-bond acceptors (Lipinski definition) is 2. The van der Waals surface area contributed by atoms with Crippen LogP contribution in [0.25, 0.3) is 10.8 Å². The Bertz CT molecular complexity index is 615. The first-order valence-corrected chi connectivity index (χ1v) is 7.25. The van der Waals surface area contributed by atoms with Crippen molar-refractivity contribution >= 4 is 22.4 Å². The molecular formula is C17H20N2O. The number of piperidine rings is 1. The second-order valence-corrected chi connectivity index (χ2v) is 5.63. The van der Waals surface area contributed by atoms with Crippen LogP contribution in [0.15, 0.2) is 42.5 Å². The number of amides is 1. The lowest BCUT2D eigenvalue weighted by atomic mass is 9.94. The van der Waals surface area contributed by atoms with Gasteiger partial charge in [-0.05, 0) is 42.7 Å². The van der Waals surface area contributed by atoms with E-state index >= 15 is 0 Å². The van der Waals surface area contributed by atoms with Crippen molar-refractivity contribution in [3.8, 4) is 0 Å². The highest BCUT2D eigenvalue weighted by Crippen LogP contribution is 2.21. The van der Waals surface area contributed by atoms with Gasteiger partial charge < -0.3 is 10.6 Å². The third kappa shape index (κ3) is 2.83.